The Morgan fingerprint density at radius 3 is 2.68 bits per heavy atom. The molecule has 2 N–H and O–H groups in total. The number of hydrogen-bond donors (Lipinski definition) is 1. The van der Waals surface area contributed by atoms with Crippen molar-refractivity contribution in [3.8, 4) is 5.75 Å². The normalized spacial score (nSPS) is 18.1. The number of aryl methyl sites for hydroxylation is 1. The van der Waals surface area contributed by atoms with Crippen LogP contribution in [0.15, 0.2) is 18.2 Å². The quantitative estimate of drug-likeness (QED) is 0.659. The van der Waals surface area contributed by atoms with Gasteiger partial charge in [-0.3, -0.25) is 9.59 Å². The summed E-state index contributed by atoms with van der Waals surface area (Å²) in [6, 6.07) is 5.78. The molecular weight excluding hydrogens is 284 g/mol. The molecule has 1 aliphatic rings. The highest BCUT2D eigenvalue weighted by Crippen LogP contribution is 2.25. The molecule has 0 saturated carbocycles. The van der Waals surface area contributed by atoms with Gasteiger partial charge in [0.1, 0.15) is 5.75 Å². The van der Waals surface area contributed by atoms with Crippen molar-refractivity contribution in [3.05, 3.63) is 29.3 Å². The number of rotatable bonds is 4. The van der Waals surface area contributed by atoms with Gasteiger partial charge in [-0.05, 0) is 42.5 Å². The average molecular weight is 306 g/mol. The van der Waals surface area contributed by atoms with Crippen LogP contribution >= 0.6 is 0 Å². The predicted molar refractivity (Wildman–Crippen MR) is 81.3 cm³/mol. The minimum absolute atomic E-state index is 0.149. The third-order valence-corrected chi connectivity index (χ3v) is 3.60. The Morgan fingerprint density at radius 2 is 2.05 bits per heavy atom. The molecule has 0 aliphatic heterocycles. The number of carbonyl (C=O) groups excluding carboxylic acids is 2. The van der Waals surface area contributed by atoms with Crippen LogP contribution in [0.4, 0.5) is 0 Å². The zero-order valence-electron chi connectivity index (χ0n) is 13.2. The molecule has 0 bridgehead atoms. The van der Waals surface area contributed by atoms with E-state index in [1.807, 2.05) is 12.1 Å². The van der Waals surface area contributed by atoms with Gasteiger partial charge in [0.05, 0.1) is 0 Å². The molecule has 120 valence electrons. The molecule has 1 aromatic rings. The lowest BCUT2D eigenvalue weighted by Gasteiger charge is -2.24. The lowest BCUT2D eigenvalue weighted by molar-refractivity contribution is -0.175. The number of carbonyl (C=O) groups is 2. The summed E-state index contributed by atoms with van der Waals surface area (Å²) in [6.07, 6.45) is 1.43. The number of nitrogens with zero attached hydrogens (tertiary/aromatic N) is 1. The van der Waals surface area contributed by atoms with E-state index in [4.69, 9.17) is 15.2 Å². The van der Waals surface area contributed by atoms with Crippen LogP contribution in [-0.2, 0) is 27.2 Å². The van der Waals surface area contributed by atoms with Gasteiger partial charge in [0.25, 0.3) is 0 Å². The summed E-state index contributed by atoms with van der Waals surface area (Å²) in [5, 5.41) is 0. The first kappa shape index (κ1) is 16.3. The summed E-state index contributed by atoms with van der Waals surface area (Å²) >= 11 is 0. The van der Waals surface area contributed by atoms with Crippen LogP contribution in [0, 0.1) is 0 Å². The van der Waals surface area contributed by atoms with E-state index in [1.54, 1.807) is 20.2 Å². The third kappa shape index (κ3) is 3.98. The van der Waals surface area contributed by atoms with E-state index < -0.39 is 18.2 Å². The number of hydrogen-bond acceptors (Lipinski definition) is 5. The van der Waals surface area contributed by atoms with Gasteiger partial charge in [0.15, 0.2) is 0 Å². The summed E-state index contributed by atoms with van der Waals surface area (Å²) in [7, 11) is 3.15. The second-order valence-electron chi connectivity index (χ2n) is 5.73. The van der Waals surface area contributed by atoms with Crippen LogP contribution in [0.25, 0.3) is 0 Å². The van der Waals surface area contributed by atoms with E-state index >= 15 is 0 Å². The first-order valence-corrected chi connectivity index (χ1v) is 7.29. The summed E-state index contributed by atoms with van der Waals surface area (Å²) in [4.78, 5) is 24.5. The molecule has 0 aromatic heterocycles. The Hall–Kier alpha value is -2.08. The molecule has 2 atom stereocenters. The number of fused-ring (bicyclic) bond motifs is 1. The van der Waals surface area contributed by atoms with E-state index in [2.05, 4.69) is 0 Å². The third-order valence-electron chi connectivity index (χ3n) is 3.60. The highest BCUT2D eigenvalue weighted by Gasteiger charge is 2.26. The minimum atomic E-state index is -1.28. The highest BCUT2D eigenvalue weighted by molar-refractivity contribution is 5.82. The molecule has 0 heterocycles. The van der Waals surface area contributed by atoms with Crippen LogP contribution < -0.4 is 10.5 Å². The fourth-order valence-corrected chi connectivity index (χ4v) is 2.44. The summed E-state index contributed by atoms with van der Waals surface area (Å²) in [5.41, 5.74) is 8.35. The number of amides is 1. The maximum absolute atomic E-state index is 12.0. The molecular formula is C16H22N2O4. The summed E-state index contributed by atoms with van der Waals surface area (Å²) in [5.74, 6) is -0.501. The van der Waals surface area contributed by atoms with Crippen molar-refractivity contribution in [3.63, 3.8) is 0 Å². The van der Waals surface area contributed by atoms with Gasteiger partial charge in [0.2, 0.25) is 0 Å². The van der Waals surface area contributed by atoms with Crippen LogP contribution in [0.1, 0.15) is 24.5 Å². The lowest BCUT2D eigenvalue weighted by atomic mass is 9.89. The van der Waals surface area contributed by atoms with E-state index in [-0.39, 0.29) is 6.04 Å². The standard InChI is InChI=1S/C16H22N2O4/c1-10(19)21-16(15(20)18(2)3)22-14-7-5-11-4-6-13(17)8-12(11)9-14/h5,7,9,13,16H,4,6,8,17H2,1-3H3/t13?,16-/m1/s1. The van der Waals surface area contributed by atoms with Crippen molar-refractivity contribution >= 4 is 11.9 Å². The zero-order chi connectivity index (χ0) is 16.3. The van der Waals surface area contributed by atoms with Gasteiger partial charge in [-0.1, -0.05) is 6.07 Å². The van der Waals surface area contributed by atoms with Gasteiger partial charge >= 0.3 is 18.2 Å². The number of esters is 1. The molecule has 0 saturated heterocycles. The van der Waals surface area contributed by atoms with Crippen LogP contribution in [0.3, 0.4) is 0 Å². The van der Waals surface area contributed by atoms with Gasteiger partial charge in [-0.2, -0.15) is 0 Å². The second-order valence-corrected chi connectivity index (χ2v) is 5.73. The Morgan fingerprint density at radius 1 is 1.32 bits per heavy atom. The molecule has 2 rings (SSSR count). The lowest BCUT2D eigenvalue weighted by Crippen LogP contribution is -2.40. The Kier molecular flexibility index (Phi) is 5.03. The number of ether oxygens (including phenoxy) is 2. The van der Waals surface area contributed by atoms with Crippen LogP contribution in [0.2, 0.25) is 0 Å². The molecule has 1 unspecified atom stereocenters. The maximum Gasteiger partial charge on any atom is 0.323 e. The van der Waals surface area contributed by atoms with Crippen LogP contribution in [-0.4, -0.2) is 43.2 Å². The molecule has 0 fully saturated rings. The molecule has 22 heavy (non-hydrogen) atoms. The molecule has 1 amide bonds. The van der Waals surface area contributed by atoms with Crippen molar-refractivity contribution in [2.75, 3.05) is 14.1 Å². The van der Waals surface area contributed by atoms with E-state index in [0.717, 1.165) is 24.8 Å². The first-order chi connectivity index (χ1) is 10.4. The van der Waals surface area contributed by atoms with E-state index in [9.17, 15) is 9.59 Å². The van der Waals surface area contributed by atoms with Gasteiger partial charge in [-0.15, -0.1) is 0 Å². The SMILES string of the molecule is CC(=O)O[C@H](Oc1ccc2c(c1)CC(N)CC2)C(=O)N(C)C. The largest absolute Gasteiger partial charge is 0.446 e. The number of benzene rings is 1. The number of nitrogens with two attached hydrogens (primary N) is 1. The predicted octanol–water partition coefficient (Wildman–Crippen LogP) is 0.859. The molecule has 6 heteroatoms. The summed E-state index contributed by atoms with van der Waals surface area (Å²) in [6.45, 7) is 1.24. The monoisotopic (exact) mass is 306 g/mol. The fraction of sp³-hybridized carbons (Fsp3) is 0.500. The van der Waals surface area contributed by atoms with Crippen LogP contribution in [0.5, 0.6) is 5.75 Å². The summed E-state index contributed by atoms with van der Waals surface area (Å²) < 4.78 is 10.5. The van der Waals surface area contributed by atoms with Crippen molar-refractivity contribution in [1.29, 1.82) is 0 Å². The smallest absolute Gasteiger partial charge is 0.323 e. The van der Waals surface area contributed by atoms with Crippen molar-refractivity contribution in [2.24, 2.45) is 5.73 Å². The molecule has 1 aliphatic carbocycles. The molecule has 0 radical (unpaired) electrons. The van der Waals surface area contributed by atoms with E-state index in [0.29, 0.717) is 5.75 Å². The maximum atomic E-state index is 12.0. The Labute approximate surface area is 130 Å². The molecule has 0 spiro atoms. The van der Waals surface area contributed by atoms with Gasteiger partial charge in [-0.25, -0.2) is 0 Å². The average Bonchev–Trinajstić information content (AvgIpc) is 2.44. The Bertz CT molecular complexity index is 571. The molecule has 1 aromatic carbocycles. The van der Waals surface area contributed by atoms with Gasteiger partial charge < -0.3 is 20.1 Å². The fourth-order valence-electron chi connectivity index (χ4n) is 2.44. The van der Waals surface area contributed by atoms with Crippen molar-refractivity contribution in [2.45, 2.75) is 38.5 Å². The highest BCUT2D eigenvalue weighted by atomic mass is 16.7. The van der Waals surface area contributed by atoms with E-state index in [1.165, 1.54) is 17.4 Å². The van der Waals surface area contributed by atoms with Crippen molar-refractivity contribution in [1.82, 2.24) is 4.90 Å². The topological polar surface area (TPSA) is 81.9 Å². The number of likely N-dealkylation sites (N-methyl/N-ethyl adjacent to an activating group) is 1. The molecule has 6 nitrogen and oxygen atoms in total. The first-order valence-electron chi connectivity index (χ1n) is 7.29. The minimum Gasteiger partial charge on any atom is -0.446 e. The van der Waals surface area contributed by atoms with Gasteiger partial charge in [0, 0.05) is 27.1 Å². The zero-order valence-corrected chi connectivity index (χ0v) is 13.2. The van der Waals surface area contributed by atoms with Crippen molar-refractivity contribution < 1.29 is 19.1 Å². The second kappa shape index (κ2) is 6.79. The Balaban J connectivity index is 2.17.